The molecule has 6 nitrogen and oxygen atoms in total. The number of amides is 3. The fourth-order valence-corrected chi connectivity index (χ4v) is 3.54. The molecular formula is C19H15ClN2O4. The molecule has 0 spiro atoms. The van der Waals surface area contributed by atoms with Crippen LogP contribution in [0.5, 0.6) is 5.75 Å². The molecule has 0 aromatic heterocycles. The number of benzene rings is 2. The maximum Gasteiger partial charge on any atom is 0.262 e. The second kappa shape index (κ2) is 6.46. The van der Waals surface area contributed by atoms with E-state index in [-0.39, 0.29) is 12.6 Å². The van der Waals surface area contributed by atoms with Crippen LogP contribution in [-0.4, -0.2) is 35.8 Å². The first-order chi connectivity index (χ1) is 12.6. The molecule has 4 rings (SSSR count). The van der Waals surface area contributed by atoms with Gasteiger partial charge in [-0.05, 0) is 18.2 Å². The Morgan fingerprint density at radius 3 is 2.50 bits per heavy atom. The highest BCUT2D eigenvalue weighted by molar-refractivity contribution is 6.32. The van der Waals surface area contributed by atoms with Gasteiger partial charge in [0, 0.05) is 12.0 Å². The second-order valence-electron chi connectivity index (χ2n) is 6.16. The summed E-state index contributed by atoms with van der Waals surface area (Å²) in [5.41, 5.74) is 1.45. The van der Waals surface area contributed by atoms with Crippen molar-refractivity contribution in [2.75, 3.05) is 13.2 Å². The van der Waals surface area contributed by atoms with E-state index in [1.54, 1.807) is 36.4 Å². The number of imide groups is 1. The molecule has 26 heavy (non-hydrogen) atoms. The molecule has 1 atom stereocenters. The molecule has 2 aromatic rings. The van der Waals surface area contributed by atoms with Crippen molar-refractivity contribution in [3.8, 4) is 5.75 Å². The van der Waals surface area contributed by atoms with E-state index in [0.717, 1.165) is 10.5 Å². The number of nitrogens with one attached hydrogen (secondary N) is 1. The lowest BCUT2D eigenvalue weighted by molar-refractivity contribution is -0.122. The lowest BCUT2D eigenvalue weighted by atomic mass is 10.0. The van der Waals surface area contributed by atoms with Crippen LogP contribution in [-0.2, 0) is 4.79 Å². The maximum absolute atomic E-state index is 12.5. The Morgan fingerprint density at radius 2 is 1.81 bits per heavy atom. The highest BCUT2D eigenvalue weighted by Gasteiger charge is 2.36. The molecular weight excluding hydrogens is 356 g/mol. The number of para-hydroxylation sites is 1. The fraction of sp³-hybridized carbons (Fsp3) is 0.211. The largest absolute Gasteiger partial charge is 0.492 e. The fourth-order valence-electron chi connectivity index (χ4n) is 3.30. The van der Waals surface area contributed by atoms with E-state index in [9.17, 15) is 14.4 Å². The Kier molecular flexibility index (Phi) is 4.12. The van der Waals surface area contributed by atoms with Crippen LogP contribution in [0.4, 0.5) is 0 Å². The zero-order valence-corrected chi connectivity index (χ0v) is 14.5. The summed E-state index contributed by atoms with van der Waals surface area (Å²) < 4.78 is 5.57. The Balaban J connectivity index is 1.49. The van der Waals surface area contributed by atoms with Crippen LogP contribution in [0.2, 0.25) is 5.02 Å². The number of halogens is 1. The van der Waals surface area contributed by atoms with Crippen molar-refractivity contribution in [1.29, 1.82) is 0 Å². The van der Waals surface area contributed by atoms with E-state index in [4.69, 9.17) is 16.3 Å². The predicted molar refractivity (Wildman–Crippen MR) is 94.3 cm³/mol. The van der Waals surface area contributed by atoms with Gasteiger partial charge in [0.2, 0.25) is 5.91 Å². The van der Waals surface area contributed by atoms with Gasteiger partial charge in [0.15, 0.2) is 0 Å². The Labute approximate surface area is 154 Å². The molecule has 1 N–H and O–H groups in total. The predicted octanol–water partition coefficient (Wildman–Crippen LogP) is 2.58. The Hall–Kier alpha value is -2.86. The van der Waals surface area contributed by atoms with Gasteiger partial charge in [0.25, 0.3) is 11.8 Å². The summed E-state index contributed by atoms with van der Waals surface area (Å²) >= 11 is 6.14. The molecule has 0 radical (unpaired) electrons. The molecule has 2 aliphatic heterocycles. The summed E-state index contributed by atoms with van der Waals surface area (Å²) in [6, 6.07) is 11.6. The van der Waals surface area contributed by atoms with Crippen molar-refractivity contribution in [2.45, 2.75) is 12.5 Å². The number of nitrogens with zero attached hydrogens (tertiary/aromatic N) is 1. The Bertz CT molecular complexity index is 893. The summed E-state index contributed by atoms with van der Waals surface area (Å²) in [7, 11) is 0. The third-order valence-corrected chi connectivity index (χ3v) is 4.84. The highest BCUT2D eigenvalue weighted by Crippen LogP contribution is 2.37. The summed E-state index contributed by atoms with van der Waals surface area (Å²) in [4.78, 5) is 38.2. The zero-order valence-electron chi connectivity index (χ0n) is 13.7. The topological polar surface area (TPSA) is 75.7 Å². The SMILES string of the molecule is O=C(CN1C(=O)c2ccccc2C1=O)NC1CCOc2c(Cl)cccc21. The first kappa shape index (κ1) is 16.6. The normalized spacial score (nSPS) is 18.2. The van der Waals surface area contributed by atoms with Crippen LogP contribution < -0.4 is 10.1 Å². The molecule has 7 heteroatoms. The number of hydrogen-bond acceptors (Lipinski definition) is 4. The van der Waals surface area contributed by atoms with Gasteiger partial charge in [-0.2, -0.15) is 0 Å². The lowest BCUT2D eigenvalue weighted by Gasteiger charge is -2.27. The standard InChI is InChI=1S/C19H15ClN2O4/c20-14-7-3-6-13-15(8-9-26-17(13)14)21-16(23)10-22-18(24)11-4-1-2-5-12(11)19(22)25/h1-7,15H,8-10H2,(H,21,23). The number of fused-ring (bicyclic) bond motifs is 2. The third-order valence-electron chi connectivity index (χ3n) is 4.54. The first-order valence-electron chi connectivity index (χ1n) is 8.22. The maximum atomic E-state index is 12.5. The van der Waals surface area contributed by atoms with Crippen LogP contribution in [0.1, 0.15) is 38.7 Å². The molecule has 0 saturated heterocycles. The number of carbonyl (C=O) groups is 3. The van der Waals surface area contributed by atoms with Gasteiger partial charge in [-0.15, -0.1) is 0 Å². The van der Waals surface area contributed by atoms with Crippen molar-refractivity contribution in [3.63, 3.8) is 0 Å². The van der Waals surface area contributed by atoms with Gasteiger partial charge in [0.05, 0.1) is 28.8 Å². The molecule has 0 bridgehead atoms. The summed E-state index contributed by atoms with van der Waals surface area (Å²) in [5, 5.41) is 3.36. The van der Waals surface area contributed by atoms with Crippen molar-refractivity contribution < 1.29 is 19.1 Å². The van der Waals surface area contributed by atoms with E-state index in [2.05, 4.69) is 5.32 Å². The molecule has 2 aliphatic rings. The van der Waals surface area contributed by atoms with Crippen LogP contribution in [0, 0.1) is 0 Å². The lowest BCUT2D eigenvalue weighted by Crippen LogP contribution is -2.42. The molecule has 0 aliphatic carbocycles. The van der Waals surface area contributed by atoms with E-state index in [1.165, 1.54) is 0 Å². The Morgan fingerprint density at radius 1 is 1.12 bits per heavy atom. The van der Waals surface area contributed by atoms with E-state index in [1.807, 2.05) is 6.07 Å². The third kappa shape index (κ3) is 2.72. The van der Waals surface area contributed by atoms with Gasteiger partial charge in [-0.3, -0.25) is 19.3 Å². The number of rotatable bonds is 3. The highest BCUT2D eigenvalue weighted by atomic mass is 35.5. The minimum Gasteiger partial charge on any atom is -0.492 e. The van der Waals surface area contributed by atoms with Crippen molar-refractivity contribution >= 4 is 29.3 Å². The molecule has 2 aromatic carbocycles. The second-order valence-corrected chi connectivity index (χ2v) is 6.56. The van der Waals surface area contributed by atoms with Gasteiger partial charge >= 0.3 is 0 Å². The van der Waals surface area contributed by atoms with Gasteiger partial charge < -0.3 is 10.1 Å². The van der Waals surface area contributed by atoms with E-state index in [0.29, 0.717) is 34.9 Å². The zero-order chi connectivity index (χ0) is 18.3. The van der Waals surface area contributed by atoms with Gasteiger partial charge in [-0.25, -0.2) is 0 Å². The number of ether oxygens (including phenoxy) is 1. The molecule has 0 fully saturated rings. The molecule has 3 amide bonds. The monoisotopic (exact) mass is 370 g/mol. The number of hydrogen-bond donors (Lipinski definition) is 1. The van der Waals surface area contributed by atoms with Crippen molar-refractivity contribution in [2.24, 2.45) is 0 Å². The minimum atomic E-state index is -0.448. The minimum absolute atomic E-state index is 0.278. The molecule has 2 heterocycles. The summed E-state index contributed by atoms with van der Waals surface area (Å²) in [5.74, 6) is -0.740. The average Bonchev–Trinajstić information content (AvgIpc) is 2.88. The molecule has 0 saturated carbocycles. The first-order valence-corrected chi connectivity index (χ1v) is 8.60. The molecule has 132 valence electrons. The van der Waals surface area contributed by atoms with Crippen LogP contribution >= 0.6 is 11.6 Å². The van der Waals surface area contributed by atoms with Gasteiger partial charge in [-0.1, -0.05) is 35.9 Å². The van der Waals surface area contributed by atoms with Gasteiger partial charge in [0.1, 0.15) is 12.3 Å². The molecule has 1 unspecified atom stereocenters. The van der Waals surface area contributed by atoms with Crippen LogP contribution in [0.3, 0.4) is 0 Å². The van der Waals surface area contributed by atoms with E-state index >= 15 is 0 Å². The van der Waals surface area contributed by atoms with Crippen molar-refractivity contribution in [3.05, 3.63) is 64.2 Å². The number of carbonyl (C=O) groups excluding carboxylic acids is 3. The summed E-state index contributed by atoms with van der Waals surface area (Å²) in [6.07, 6.45) is 0.585. The van der Waals surface area contributed by atoms with E-state index < -0.39 is 17.7 Å². The van der Waals surface area contributed by atoms with Crippen molar-refractivity contribution in [1.82, 2.24) is 10.2 Å². The average molecular weight is 371 g/mol. The van der Waals surface area contributed by atoms with Crippen LogP contribution in [0.15, 0.2) is 42.5 Å². The smallest absolute Gasteiger partial charge is 0.262 e. The van der Waals surface area contributed by atoms with Crippen LogP contribution in [0.25, 0.3) is 0 Å². The quantitative estimate of drug-likeness (QED) is 0.842. The summed E-state index contributed by atoms with van der Waals surface area (Å²) in [6.45, 7) is 0.105.